The maximum absolute atomic E-state index is 4.58. The van der Waals surface area contributed by atoms with Crippen LogP contribution in [0.2, 0.25) is 0 Å². The molecule has 0 saturated heterocycles. The van der Waals surface area contributed by atoms with Crippen molar-refractivity contribution in [3.8, 4) is 0 Å². The smallest absolute Gasteiger partial charge is 0.191 e. The van der Waals surface area contributed by atoms with Crippen molar-refractivity contribution in [2.45, 2.75) is 26.9 Å². The molecule has 0 aromatic carbocycles. The fourth-order valence-electron chi connectivity index (χ4n) is 1.93. The molecule has 0 amide bonds. The molecule has 0 saturated carbocycles. The van der Waals surface area contributed by atoms with Crippen LogP contribution >= 0.6 is 24.0 Å². The van der Waals surface area contributed by atoms with Crippen LogP contribution in [0.4, 0.5) is 0 Å². The Morgan fingerprint density at radius 2 is 2.09 bits per heavy atom. The highest BCUT2D eigenvalue weighted by Crippen LogP contribution is 2.04. The third-order valence-corrected chi connectivity index (χ3v) is 3.21. The lowest BCUT2D eigenvalue weighted by molar-refractivity contribution is 0.684. The van der Waals surface area contributed by atoms with E-state index in [2.05, 4.69) is 25.7 Å². The van der Waals surface area contributed by atoms with E-state index in [1.807, 2.05) is 43.8 Å². The first-order chi connectivity index (χ1) is 10.2. The lowest BCUT2D eigenvalue weighted by Gasteiger charge is -2.11. The molecule has 22 heavy (non-hydrogen) atoms. The minimum atomic E-state index is 0. The lowest BCUT2D eigenvalue weighted by Crippen LogP contribution is -2.37. The summed E-state index contributed by atoms with van der Waals surface area (Å²) in [6.07, 6.45) is 3.59. The highest BCUT2D eigenvalue weighted by molar-refractivity contribution is 14.0. The van der Waals surface area contributed by atoms with Gasteiger partial charge in [0.2, 0.25) is 0 Å². The normalized spacial score (nSPS) is 11.0. The monoisotopic (exact) mass is 414 g/mol. The molecule has 0 atom stereocenters. The molecular formula is C15H23IN6. The second-order valence-corrected chi connectivity index (χ2v) is 4.76. The molecule has 0 fully saturated rings. The van der Waals surface area contributed by atoms with Crippen LogP contribution in [0, 0.1) is 6.92 Å². The van der Waals surface area contributed by atoms with Gasteiger partial charge in [-0.2, -0.15) is 5.10 Å². The van der Waals surface area contributed by atoms with E-state index in [4.69, 9.17) is 0 Å². The van der Waals surface area contributed by atoms with Crippen LogP contribution in [0.15, 0.2) is 35.6 Å². The van der Waals surface area contributed by atoms with Crippen LogP contribution in [0.5, 0.6) is 0 Å². The molecule has 2 aromatic heterocycles. The molecule has 2 aromatic rings. The largest absolute Gasteiger partial charge is 0.357 e. The molecule has 2 N–H and O–H groups in total. The molecular weight excluding hydrogens is 391 g/mol. The van der Waals surface area contributed by atoms with E-state index in [0.717, 1.165) is 29.5 Å². The summed E-state index contributed by atoms with van der Waals surface area (Å²) in [7, 11) is 1.93. The van der Waals surface area contributed by atoms with Crippen LogP contribution < -0.4 is 10.6 Å². The zero-order chi connectivity index (χ0) is 15.1. The summed E-state index contributed by atoms with van der Waals surface area (Å²) in [5.41, 5.74) is 3.26. The third kappa shape index (κ3) is 5.28. The Hall–Kier alpha value is -1.64. The van der Waals surface area contributed by atoms with Crippen LogP contribution in [0.3, 0.4) is 0 Å². The number of rotatable bonds is 5. The standard InChI is InChI=1S/C15H22N6.HI/c1-4-16-15(18-10-13-7-9-20-21(13)3)19-11-14-12(2)6-5-8-17-14;/h5-9H,4,10-11H2,1-3H3,(H2,16,18,19);1H. The molecule has 6 nitrogen and oxygen atoms in total. The van der Waals surface area contributed by atoms with Gasteiger partial charge < -0.3 is 10.6 Å². The highest BCUT2D eigenvalue weighted by atomic mass is 127. The van der Waals surface area contributed by atoms with Crippen molar-refractivity contribution in [3.63, 3.8) is 0 Å². The van der Waals surface area contributed by atoms with Crippen molar-refractivity contribution in [1.29, 1.82) is 0 Å². The number of guanidine groups is 1. The number of pyridine rings is 1. The summed E-state index contributed by atoms with van der Waals surface area (Å²) >= 11 is 0. The SMILES string of the molecule is CCNC(=NCc1ncccc1C)NCc1ccnn1C.I. The number of nitrogens with zero attached hydrogens (tertiary/aromatic N) is 4. The van der Waals surface area contributed by atoms with E-state index < -0.39 is 0 Å². The second kappa shape index (κ2) is 9.39. The molecule has 0 bridgehead atoms. The average Bonchev–Trinajstić information content (AvgIpc) is 2.89. The van der Waals surface area contributed by atoms with E-state index in [9.17, 15) is 0 Å². The van der Waals surface area contributed by atoms with Gasteiger partial charge in [0.25, 0.3) is 0 Å². The summed E-state index contributed by atoms with van der Waals surface area (Å²) < 4.78 is 1.85. The van der Waals surface area contributed by atoms with E-state index in [-0.39, 0.29) is 24.0 Å². The number of hydrogen-bond acceptors (Lipinski definition) is 3. The number of aliphatic imine (C=N–C) groups is 1. The summed E-state index contributed by atoms with van der Waals surface area (Å²) in [4.78, 5) is 8.93. The number of halogens is 1. The van der Waals surface area contributed by atoms with Gasteiger partial charge in [0.1, 0.15) is 0 Å². The average molecular weight is 414 g/mol. The number of aryl methyl sites for hydroxylation is 2. The van der Waals surface area contributed by atoms with Gasteiger partial charge in [0, 0.05) is 26.0 Å². The summed E-state index contributed by atoms with van der Waals surface area (Å²) in [6.45, 7) is 6.16. The number of aromatic nitrogens is 3. The predicted molar refractivity (Wildman–Crippen MR) is 99.3 cm³/mol. The van der Waals surface area contributed by atoms with Gasteiger partial charge >= 0.3 is 0 Å². The molecule has 2 heterocycles. The maximum atomic E-state index is 4.58. The quantitative estimate of drug-likeness (QED) is 0.446. The molecule has 120 valence electrons. The van der Waals surface area contributed by atoms with Crippen molar-refractivity contribution in [3.05, 3.63) is 47.5 Å². The third-order valence-electron chi connectivity index (χ3n) is 3.21. The number of nitrogens with one attached hydrogen (secondary N) is 2. The lowest BCUT2D eigenvalue weighted by atomic mass is 10.2. The van der Waals surface area contributed by atoms with Crippen LogP contribution in [-0.2, 0) is 20.1 Å². The van der Waals surface area contributed by atoms with Crippen LogP contribution in [0.25, 0.3) is 0 Å². The zero-order valence-corrected chi connectivity index (χ0v) is 15.5. The topological polar surface area (TPSA) is 67.1 Å². The van der Waals surface area contributed by atoms with Gasteiger partial charge in [0.15, 0.2) is 5.96 Å². The molecule has 0 aliphatic carbocycles. The minimum Gasteiger partial charge on any atom is -0.357 e. The highest BCUT2D eigenvalue weighted by Gasteiger charge is 2.02. The predicted octanol–water partition coefficient (Wildman–Crippen LogP) is 2.00. The molecule has 0 radical (unpaired) electrons. The Morgan fingerprint density at radius 1 is 1.27 bits per heavy atom. The van der Waals surface area contributed by atoms with Crippen molar-refractivity contribution >= 4 is 29.9 Å². The first kappa shape index (κ1) is 18.4. The van der Waals surface area contributed by atoms with E-state index in [0.29, 0.717) is 13.1 Å². The maximum Gasteiger partial charge on any atom is 0.191 e. The van der Waals surface area contributed by atoms with E-state index in [1.165, 1.54) is 0 Å². The zero-order valence-electron chi connectivity index (χ0n) is 13.2. The Kier molecular flexibility index (Phi) is 7.86. The summed E-state index contributed by atoms with van der Waals surface area (Å²) in [5.74, 6) is 0.781. The Bertz CT molecular complexity index is 608. The van der Waals surface area contributed by atoms with Gasteiger partial charge in [0.05, 0.1) is 24.5 Å². The van der Waals surface area contributed by atoms with Crippen LogP contribution in [0.1, 0.15) is 23.9 Å². The van der Waals surface area contributed by atoms with E-state index in [1.54, 1.807) is 12.4 Å². The minimum absolute atomic E-state index is 0. The Morgan fingerprint density at radius 3 is 2.73 bits per heavy atom. The summed E-state index contributed by atoms with van der Waals surface area (Å²) in [6, 6.07) is 5.97. The molecule has 0 spiro atoms. The Labute approximate surface area is 148 Å². The van der Waals surface area contributed by atoms with Crippen molar-refractivity contribution in [2.24, 2.45) is 12.0 Å². The van der Waals surface area contributed by atoms with Gasteiger partial charge in [-0.3, -0.25) is 9.67 Å². The van der Waals surface area contributed by atoms with Crippen molar-refractivity contribution in [1.82, 2.24) is 25.4 Å². The molecule has 7 heteroatoms. The van der Waals surface area contributed by atoms with Crippen molar-refractivity contribution < 1.29 is 0 Å². The second-order valence-electron chi connectivity index (χ2n) is 4.76. The molecule has 0 aliphatic heterocycles. The van der Waals surface area contributed by atoms with Crippen molar-refractivity contribution in [2.75, 3.05) is 6.54 Å². The molecule has 0 unspecified atom stereocenters. The van der Waals surface area contributed by atoms with Crippen LogP contribution in [-0.4, -0.2) is 27.3 Å². The van der Waals surface area contributed by atoms with Gasteiger partial charge in [-0.05, 0) is 31.5 Å². The number of hydrogen-bond donors (Lipinski definition) is 2. The molecule has 2 rings (SSSR count). The van der Waals surface area contributed by atoms with Gasteiger partial charge in [-0.15, -0.1) is 24.0 Å². The fourth-order valence-corrected chi connectivity index (χ4v) is 1.93. The van der Waals surface area contributed by atoms with Gasteiger partial charge in [-0.25, -0.2) is 4.99 Å². The van der Waals surface area contributed by atoms with E-state index >= 15 is 0 Å². The Balaban J connectivity index is 0.00000242. The first-order valence-electron chi connectivity index (χ1n) is 7.10. The fraction of sp³-hybridized carbons (Fsp3) is 0.400. The van der Waals surface area contributed by atoms with Gasteiger partial charge in [-0.1, -0.05) is 6.07 Å². The molecule has 0 aliphatic rings. The summed E-state index contributed by atoms with van der Waals surface area (Å²) in [5, 5.41) is 10.7. The first-order valence-corrected chi connectivity index (χ1v) is 7.10.